The van der Waals surface area contributed by atoms with Crippen LogP contribution in [0.4, 0.5) is 0 Å². The summed E-state index contributed by atoms with van der Waals surface area (Å²) in [4.78, 5) is 25.3. The van der Waals surface area contributed by atoms with Crippen molar-refractivity contribution in [3.05, 3.63) is 16.6 Å². The first-order valence-electron chi connectivity index (χ1n) is 3.53. The largest absolute Gasteiger partial charge is 0.480 e. The lowest BCUT2D eigenvalue weighted by molar-refractivity contribution is -0.138. The Labute approximate surface area is 78.4 Å². The highest BCUT2D eigenvalue weighted by Gasteiger charge is 2.15. The van der Waals surface area contributed by atoms with Crippen molar-refractivity contribution in [2.45, 2.75) is 13.0 Å². The van der Waals surface area contributed by atoms with Gasteiger partial charge in [-0.3, -0.25) is 9.59 Å². The molecule has 0 aliphatic heterocycles. The molecule has 1 aromatic heterocycles. The average molecular weight is 200 g/mol. The molecule has 1 heterocycles. The highest BCUT2D eigenvalue weighted by molar-refractivity contribution is 7.07. The van der Waals surface area contributed by atoms with Crippen LogP contribution in [0.2, 0.25) is 0 Å². The first-order valence-corrected chi connectivity index (χ1v) is 4.47. The molecule has 0 aliphatic rings. The van der Waals surface area contributed by atoms with Crippen molar-refractivity contribution in [1.82, 2.24) is 10.3 Å². The zero-order valence-corrected chi connectivity index (χ0v) is 7.67. The van der Waals surface area contributed by atoms with Gasteiger partial charge in [0, 0.05) is 5.38 Å². The number of carboxylic acids is 1. The number of aliphatic carboxylic acids is 1. The fraction of sp³-hybridized carbons (Fsp3) is 0.286. The summed E-state index contributed by atoms with van der Waals surface area (Å²) in [6.07, 6.45) is 0. The van der Waals surface area contributed by atoms with Crippen molar-refractivity contribution in [3.63, 3.8) is 0 Å². The molecule has 0 saturated heterocycles. The van der Waals surface area contributed by atoms with Crippen molar-refractivity contribution in [2.24, 2.45) is 0 Å². The second kappa shape index (κ2) is 3.99. The maximum Gasteiger partial charge on any atom is 0.325 e. The molecule has 5 nitrogen and oxygen atoms in total. The van der Waals surface area contributed by atoms with Crippen LogP contribution in [0, 0.1) is 0 Å². The minimum absolute atomic E-state index is 0.248. The molecule has 0 bridgehead atoms. The molecule has 2 N–H and O–H groups in total. The van der Waals surface area contributed by atoms with Gasteiger partial charge in [-0.25, -0.2) is 4.98 Å². The van der Waals surface area contributed by atoms with E-state index in [2.05, 4.69) is 10.3 Å². The van der Waals surface area contributed by atoms with Crippen molar-refractivity contribution in [1.29, 1.82) is 0 Å². The van der Waals surface area contributed by atoms with Crippen LogP contribution in [-0.4, -0.2) is 28.0 Å². The average Bonchev–Trinajstić information content (AvgIpc) is 2.55. The number of nitrogens with one attached hydrogen (secondary N) is 1. The van der Waals surface area contributed by atoms with Crippen molar-refractivity contribution in [3.8, 4) is 0 Å². The second-order valence-electron chi connectivity index (χ2n) is 2.41. The molecule has 1 atom stereocenters. The smallest absolute Gasteiger partial charge is 0.325 e. The van der Waals surface area contributed by atoms with Crippen LogP contribution < -0.4 is 5.32 Å². The summed E-state index contributed by atoms with van der Waals surface area (Å²) in [6, 6.07) is -0.894. The number of carbonyl (C=O) groups excluding carboxylic acids is 1. The number of rotatable bonds is 3. The first-order chi connectivity index (χ1) is 6.11. The third-order valence-corrected chi connectivity index (χ3v) is 1.97. The van der Waals surface area contributed by atoms with Gasteiger partial charge >= 0.3 is 5.97 Å². The number of thiazole rings is 1. The number of carbonyl (C=O) groups is 2. The summed E-state index contributed by atoms with van der Waals surface area (Å²) < 4.78 is 0. The Morgan fingerprint density at radius 3 is 2.85 bits per heavy atom. The number of aromatic nitrogens is 1. The molecule has 1 aromatic rings. The molecule has 1 rings (SSSR count). The van der Waals surface area contributed by atoms with E-state index in [0.29, 0.717) is 0 Å². The SMILES string of the molecule is C[C@@H](NC(=O)c1cscn1)C(=O)O. The van der Waals surface area contributed by atoms with E-state index in [-0.39, 0.29) is 5.69 Å². The zero-order chi connectivity index (χ0) is 9.84. The lowest BCUT2D eigenvalue weighted by Crippen LogP contribution is -2.38. The third kappa shape index (κ3) is 2.51. The van der Waals surface area contributed by atoms with Gasteiger partial charge in [0.25, 0.3) is 5.91 Å². The van der Waals surface area contributed by atoms with E-state index >= 15 is 0 Å². The Morgan fingerprint density at radius 1 is 1.69 bits per heavy atom. The number of nitrogens with zero attached hydrogens (tertiary/aromatic N) is 1. The molecular weight excluding hydrogens is 192 g/mol. The van der Waals surface area contributed by atoms with Crippen LogP contribution in [-0.2, 0) is 4.79 Å². The molecule has 0 unspecified atom stereocenters. The number of hydrogen-bond donors (Lipinski definition) is 2. The maximum atomic E-state index is 11.2. The summed E-state index contributed by atoms with van der Waals surface area (Å²) in [5.41, 5.74) is 1.76. The molecule has 0 fully saturated rings. The fourth-order valence-corrected chi connectivity index (χ4v) is 1.19. The van der Waals surface area contributed by atoms with E-state index in [0.717, 1.165) is 0 Å². The first kappa shape index (κ1) is 9.66. The molecule has 0 aliphatic carbocycles. The Hall–Kier alpha value is -1.43. The van der Waals surface area contributed by atoms with Crippen LogP contribution in [0.1, 0.15) is 17.4 Å². The molecule has 13 heavy (non-hydrogen) atoms. The normalized spacial score (nSPS) is 12.1. The van der Waals surface area contributed by atoms with Crippen LogP contribution in [0.5, 0.6) is 0 Å². The third-order valence-electron chi connectivity index (χ3n) is 1.38. The number of hydrogen-bond acceptors (Lipinski definition) is 4. The van der Waals surface area contributed by atoms with E-state index in [1.54, 1.807) is 5.38 Å². The van der Waals surface area contributed by atoms with Crippen LogP contribution >= 0.6 is 11.3 Å². The van der Waals surface area contributed by atoms with Crippen molar-refractivity contribution >= 4 is 23.2 Å². The van der Waals surface area contributed by atoms with Gasteiger partial charge in [-0.05, 0) is 6.92 Å². The quantitative estimate of drug-likeness (QED) is 0.737. The van der Waals surface area contributed by atoms with Gasteiger partial charge in [0.2, 0.25) is 0 Å². The minimum Gasteiger partial charge on any atom is -0.480 e. The summed E-state index contributed by atoms with van der Waals surface area (Å²) in [7, 11) is 0. The predicted molar refractivity (Wildman–Crippen MR) is 46.7 cm³/mol. The van der Waals surface area contributed by atoms with E-state index in [9.17, 15) is 9.59 Å². The summed E-state index contributed by atoms with van der Waals surface area (Å²) in [5.74, 6) is -1.53. The molecular formula is C7H8N2O3S. The van der Waals surface area contributed by atoms with E-state index < -0.39 is 17.9 Å². The minimum atomic E-state index is -1.07. The molecule has 0 saturated carbocycles. The monoisotopic (exact) mass is 200 g/mol. The molecule has 6 heteroatoms. The lowest BCUT2D eigenvalue weighted by Gasteiger charge is -2.06. The Bertz CT molecular complexity index is 310. The number of carboxylic acid groups (broad SMARTS) is 1. The van der Waals surface area contributed by atoms with Crippen LogP contribution in [0.25, 0.3) is 0 Å². The number of amides is 1. The van der Waals surface area contributed by atoms with Gasteiger partial charge in [0.1, 0.15) is 11.7 Å². The standard InChI is InChI=1S/C7H8N2O3S/c1-4(7(11)12)9-6(10)5-2-13-3-8-5/h2-4H,1H3,(H,9,10)(H,11,12)/t4-/m1/s1. The highest BCUT2D eigenvalue weighted by Crippen LogP contribution is 2.00. The van der Waals surface area contributed by atoms with Crippen molar-refractivity contribution in [2.75, 3.05) is 0 Å². The van der Waals surface area contributed by atoms with E-state index in [1.807, 2.05) is 0 Å². The molecule has 0 spiro atoms. The summed E-state index contributed by atoms with van der Waals surface area (Å²) >= 11 is 1.28. The van der Waals surface area contributed by atoms with E-state index in [1.165, 1.54) is 23.8 Å². The van der Waals surface area contributed by atoms with Gasteiger partial charge in [-0.2, -0.15) is 0 Å². The van der Waals surface area contributed by atoms with Crippen molar-refractivity contribution < 1.29 is 14.7 Å². The van der Waals surface area contributed by atoms with Gasteiger partial charge in [-0.15, -0.1) is 11.3 Å². The summed E-state index contributed by atoms with van der Waals surface area (Å²) in [6.45, 7) is 1.40. The van der Waals surface area contributed by atoms with Crippen LogP contribution in [0.15, 0.2) is 10.9 Å². The second-order valence-corrected chi connectivity index (χ2v) is 3.13. The highest BCUT2D eigenvalue weighted by atomic mass is 32.1. The zero-order valence-electron chi connectivity index (χ0n) is 6.85. The lowest BCUT2D eigenvalue weighted by atomic mass is 10.3. The molecule has 70 valence electrons. The Balaban J connectivity index is 2.56. The fourth-order valence-electron chi connectivity index (χ4n) is 0.657. The van der Waals surface area contributed by atoms with Gasteiger partial charge in [0.15, 0.2) is 0 Å². The Kier molecular flexibility index (Phi) is 2.97. The van der Waals surface area contributed by atoms with Gasteiger partial charge in [-0.1, -0.05) is 0 Å². The topological polar surface area (TPSA) is 79.3 Å². The summed E-state index contributed by atoms with van der Waals surface area (Å²) in [5, 5.41) is 12.3. The van der Waals surface area contributed by atoms with Crippen LogP contribution in [0.3, 0.4) is 0 Å². The molecule has 0 aromatic carbocycles. The Morgan fingerprint density at radius 2 is 2.38 bits per heavy atom. The molecule has 1 amide bonds. The van der Waals surface area contributed by atoms with Gasteiger partial charge < -0.3 is 10.4 Å². The predicted octanol–water partition coefficient (Wildman–Crippen LogP) is 0.346. The maximum absolute atomic E-state index is 11.2. The van der Waals surface area contributed by atoms with E-state index in [4.69, 9.17) is 5.11 Å². The van der Waals surface area contributed by atoms with Gasteiger partial charge in [0.05, 0.1) is 5.51 Å². The molecule has 0 radical (unpaired) electrons.